The summed E-state index contributed by atoms with van der Waals surface area (Å²) in [5, 5.41) is 0. The fourth-order valence-electron chi connectivity index (χ4n) is 0.208. The van der Waals surface area contributed by atoms with Crippen molar-refractivity contribution in [1.29, 1.82) is 0 Å². The molecule has 0 bridgehead atoms. The molecule has 4 nitrogen and oxygen atoms in total. The van der Waals surface area contributed by atoms with E-state index in [9.17, 15) is 9.59 Å². The molecular formula is C2AlO4. The summed E-state index contributed by atoms with van der Waals surface area (Å²) < 4.78 is 8.28. The third-order valence-electron chi connectivity index (χ3n) is 0.477. The first-order valence-corrected chi connectivity index (χ1v) is 2.48. The number of carbonyl (C=O) groups excluding carboxylic acids is 2. The minimum absolute atomic E-state index is 0.840. The van der Waals surface area contributed by atoms with Crippen molar-refractivity contribution < 1.29 is 17.2 Å². The van der Waals surface area contributed by atoms with E-state index in [1.165, 1.54) is 0 Å². The minimum Gasteiger partial charge on any atom is -0.581 e. The highest BCUT2D eigenvalue weighted by Crippen LogP contribution is 1.89. The largest absolute Gasteiger partial charge is 0.886 e. The van der Waals surface area contributed by atoms with Gasteiger partial charge in [-0.1, -0.05) is 0 Å². The fraction of sp³-hybridized carbons (Fsp3) is 0. The monoisotopic (exact) mass is 115 g/mol. The predicted octanol–water partition coefficient (Wildman–Crippen LogP) is -1.38. The van der Waals surface area contributed by atoms with Crippen LogP contribution in [-0.4, -0.2) is 27.8 Å². The van der Waals surface area contributed by atoms with Crippen LogP contribution in [0.25, 0.3) is 0 Å². The summed E-state index contributed by atoms with van der Waals surface area (Å²) in [6.07, 6.45) is 0. The van der Waals surface area contributed by atoms with Crippen molar-refractivity contribution in [3.63, 3.8) is 0 Å². The van der Waals surface area contributed by atoms with Gasteiger partial charge in [0, 0.05) is 0 Å². The van der Waals surface area contributed by atoms with Crippen LogP contribution in [0.1, 0.15) is 0 Å². The SMILES string of the molecule is O=C1[O][Al][O]C1=O. The molecule has 0 aliphatic carbocycles. The van der Waals surface area contributed by atoms with Crippen molar-refractivity contribution in [3.05, 3.63) is 0 Å². The van der Waals surface area contributed by atoms with E-state index < -0.39 is 27.8 Å². The molecule has 1 aliphatic heterocycles. The Morgan fingerprint density at radius 3 is 1.71 bits per heavy atom. The standard InChI is InChI=1S/C2H2O4.Al/c3-1(4)2(5)6;/h(H,3,4)(H,5,6);/q;+2/p-2. The summed E-state index contributed by atoms with van der Waals surface area (Å²) in [5.41, 5.74) is 0. The molecule has 5 heteroatoms. The minimum atomic E-state index is -0.866. The van der Waals surface area contributed by atoms with E-state index in [4.69, 9.17) is 0 Å². The smallest absolute Gasteiger partial charge is 0.581 e. The van der Waals surface area contributed by atoms with E-state index in [-0.39, 0.29) is 0 Å². The molecule has 0 N–H and O–H groups in total. The number of hydrogen-bond donors (Lipinski definition) is 0. The Morgan fingerprint density at radius 1 is 1.14 bits per heavy atom. The summed E-state index contributed by atoms with van der Waals surface area (Å²) in [5.74, 6) is -1.73. The second-order valence-electron chi connectivity index (χ2n) is 0.907. The van der Waals surface area contributed by atoms with E-state index in [0.29, 0.717) is 0 Å². The van der Waals surface area contributed by atoms with Crippen LogP contribution in [0, 0.1) is 0 Å². The van der Waals surface area contributed by atoms with Gasteiger partial charge >= 0.3 is 27.8 Å². The highest BCUT2D eigenvalue weighted by atomic mass is 27.2. The van der Waals surface area contributed by atoms with Gasteiger partial charge in [0.1, 0.15) is 0 Å². The van der Waals surface area contributed by atoms with Crippen molar-refractivity contribution in [2.75, 3.05) is 0 Å². The lowest BCUT2D eigenvalue weighted by Crippen LogP contribution is -2.05. The number of carbonyl (C=O) groups is 2. The van der Waals surface area contributed by atoms with E-state index in [1.807, 2.05) is 0 Å². The summed E-state index contributed by atoms with van der Waals surface area (Å²) in [6, 6.07) is 0. The summed E-state index contributed by atoms with van der Waals surface area (Å²) in [4.78, 5) is 19.8. The van der Waals surface area contributed by atoms with E-state index in [2.05, 4.69) is 7.58 Å². The summed E-state index contributed by atoms with van der Waals surface area (Å²) in [6.45, 7) is 0. The van der Waals surface area contributed by atoms with Crippen molar-refractivity contribution in [1.82, 2.24) is 0 Å². The molecule has 0 atom stereocenters. The molecule has 0 unspecified atom stereocenters. The number of hydrogen-bond acceptors (Lipinski definition) is 4. The van der Waals surface area contributed by atoms with Gasteiger partial charge in [-0.2, -0.15) is 0 Å². The first-order valence-electron chi connectivity index (χ1n) is 1.54. The average molecular weight is 115 g/mol. The van der Waals surface area contributed by atoms with Gasteiger partial charge in [0.15, 0.2) is 0 Å². The third-order valence-corrected chi connectivity index (χ3v) is 1.10. The van der Waals surface area contributed by atoms with Crippen LogP contribution in [0.4, 0.5) is 0 Å². The third kappa shape index (κ3) is 0.735. The molecule has 1 aliphatic rings. The number of rotatable bonds is 0. The Hall–Kier alpha value is -0.528. The van der Waals surface area contributed by atoms with Crippen LogP contribution in [0.3, 0.4) is 0 Å². The second kappa shape index (κ2) is 1.52. The molecule has 1 fully saturated rings. The Bertz CT molecular complexity index is 105. The van der Waals surface area contributed by atoms with Gasteiger partial charge in [-0.3, -0.25) is 0 Å². The van der Waals surface area contributed by atoms with Gasteiger partial charge < -0.3 is 7.58 Å². The first kappa shape index (κ1) is 4.63. The van der Waals surface area contributed by atoms with Crippen molar-refractivity contribution in [2.24, 2.45) is 0 Å². The lowest BCUT2D eigenvalue weighted by Gasteiger charge is -1.78. The maximum absolute atomic E-state index is 9.90. The first-order chi connectivity index (χ1) is 3.30. The Morgan fingerprint density at radius 2 is 1.57 bits per heavy atom. The van der Waals surface area contributed by atoms with Crippen LogP contribution >= 0.6 is 0 Å². The normalized spacial score (nSPS) is 17.7. The molecule has 1 rings (SSSR count). The van der Waals surface area contributed by atoms with Gasteiger partial charge in [0.25, 0.3) is 0 Å². The van der Waals surface area contributed by atoms with Crippen LogP contribution in [0.2, 0.25) is 0 Å². The molecule has 0 aromatic heterocycles. The van der Waals surface area contributed by atoms with Crippen LogP contribution in [0.15, 0.2) is 0 Å². The van der Waals surface area contributed by atoms with Crippen molar-refractivity contribution in [3.8, 4) is 0 Å². The van der Waals surface area contributed by atoms with E-state index >= 15 is 0 Å². The maximum atomic E-state index is 9.90. The van der Waals surface area contributed by atoms with E-state index in [1.54, 1.807) is 0 Å². The van der Waals surface area contributed by atoms with Gasteiger partial charge in [-0.05, 0) is 0 Å². The molecule has 1 saturated heterocycles. The zero-order chi connectivity index (χ0) is 5.28. The zero-order valence-electron chi connectivity index (χ0n) is 3.21. The Balaban J connectivity index is 2.65. The lowest BCUT2D eigenvalue weighted by molar-refractivity contribution is -0.150. The maximum Gasteiger partial charge on any atom is 0.886 e. The molecule has 7 heavy (non-hydrogen) atoms. The molecule has 35 valence electrons. The van der Waals surface area contributed by atoms with Crippen molar-refractivity contribution in [2.45, 2.75) is 0 Å². The van der Waals surface area contributed by atoms with Crippen LogP contribution in [0.5, 0.6) is 0 Å². The topological polar surface area (TPSA) is 52.6 Å². The molecular weight excluding hydrogens is 115 g/mol. The molecule has 0 amide bonds. The average Bonchev–Trinajstić information content (AvgIpc) is 1.91. The highest BCUT2D eigenvalue weighted by Gasteiger charge is 2.28. The molecule has 1 heterocycles. The summed E-state index contributed by atoms with van der Waals surface area (Å²) >= 11 is -0.840. The molecule has 0 aromatic carbocycles. The van der Waals surface area contributed by atoms with Crippen LogP contribution in [-0.2, 0) is 17.2 Å². The second-order valence-corrected chi connectivity index (χ2v) is 1.57. The van der Waals surface area contributed by atoms with E-state index in [0.717, 1.165) is 0 Å². The molecule has 0 aromatic rings. The zero-order valence-corrected chi connectivity index (χ0v) is 4.37. The lowest BCUT2D eigenvalue weighted by atomic mass is 10.7. The van der Waals surface area contributed by atoms with Crippen LogP contribution < -0.4 is 0 Å². The fourth-order valence-corrected chi connectivity index (χ4v) is 0.623. The summed E-state index contributed by atoms with van der Waals surface area (Å²) in [7, 11) is 0. The van der Waals surface area contributed by atoms with Gasteiger partial charge in [-0.15, -0.1) is 0 Å². The predicted molar refractivity (Wildman–Crippen MR) is 17.9 cm³/mol. The van der Waals surface area contributed by atoms with Gasteiger partial charge in [0.05, 0.1) is 0 Å². The Kier molecular flexibility index (Phi) is 1.01. The molecule has 0 saturated carbocycles. The molecule has 0 spiro atoms. The highest BCUT2D eigenvalue weighted by molar-refractivity contribution is 6.47. The quantitative estimate of drug-likeness (QED) is 0.288. The van der Waals surface area contributed by atoms with Gasteiger partial charge in [0.2, 0.25) is 0 Å². The molecule has 1 radical (unpaired) electrons. The Labute approximate surface area is 45.8 Å². The van der Waals surface area contributed by atoms with Gasteiger partial charge in [-0.25, -0.2) is 9.59 Å². The van der Waals surface area contributed by atoms with Crippen molar-refractivity contribution >= 4 is 27.8 Å².